The average Bonchev–Trinajstić information content (AvgIpc) is 2.70. The van der Waals surface area contributed by atoms with Crippen LogP contribution in [-0.2, 0) is 4.74 Å². The maximum Gasteiger partial charge on any atom is 0.330 e. The van der Waals surface area contributed by atoms with Gasteiger partial charge in [-0.25, -0.2) is 4.79 Å². The van der Waals surface area contributed by atoms with Gasteiger partial charge >= 0.3 is 5.69 Å². The number of H-pyrrole nitrogens is 1. The van der Waals surface area contributed by atoms with E-state index in [2.05, 4.69) is 0 Å². The summed E-state index contributed by atoms with van der Waals surface area (Å²) in [5.74, 6) is 0. The third-order valence-corrected chi connectivity index (χ3v) is 3.16. The van der Waals surface area contributed by atoms with Crippen LogP contribution in [0.15, 0.2) is 21.3 Å². The van der Waals surface area contributed by atoms with Crippen molar-refractivity contribution < 1.29 is 20.1 Å². The molecule has 1 aromatic heterocycles. The number of ether oxygens (including phenoxy) is 1. The molecule has 9 heteroatoms. The number of aromatic nitrogens is 2. The first kappa shape index (κ1) is 14.9. The Morgan fingerprint density at radius 3 is 2.65 bits per heavy atom. The van der Waals surface area contributed by atoms with E-state index >= 15 is 0 Å². The molecule has 0 amide bonds. The molecular formula is C11H13ClN2O6. The number of aliphatic hydroxyl groups excluding tert-OH is 3. The fourth-order valence-corrected chi connectivity index (χ4v) is 2.12. The second-order valence-electron chi connectivity index (χ2n) is 4.27. The third kappa shape index (κ3) is 2.56. The van der Waals surface area contributed by atoms with Crippen LogP contribution in [0.3, 0.4) is 0 Å². The molecule has 2 heterocycles. The molecule has 0 bridgehead atoms. The highest BCUT2D eigenvalue weighted by atomic mass is 35.5. The van der Waals surface area contributed by atoms with E-state index in [1.54, 1.807) is 0 Å². The molecular weight excluding hydrogens is 292 g/mol. The molecule has 0 aliphatic carbocycles. The van der Waals surface area contributed by atoms with Crippen molar-refractivity contribution in [2.24, 2.45) is 0 Å². The van der Waals surface area contributed by atoms with E-state index in [0.29, 0.717) is 0 Å². The number of aliphatic hydroxyl groups is 3. The van der Waals surface area contributed by atoms with E-state index in [0.717, 1.165) is 16.3 Å². The Hall–Kier alpha value is -1.45. The van der Waals surface area contributed by atoms with Crippen molar-refractivity contribution in [1.82, 2.24) is 9.55 Å². The Labute approximate surface area is 117 Å². The molecule has 0 spiro atoms. The van der Waals surface area contributed by atoms with Crippen molar-refractivity contribution in [3.8, 4) is 0 Å². The van der Waals surface area contributed by atoms with Crippen LogP contribution in [0.4, 0.5) is 0 Å². The summed E-state index contributed by atoms with van der Waals surface area (Å²) in [7, 11) is 0. The van der Waals surface area contributed by atoms with Gasteiger partial charge in [0, 0.05) is 11.7 Å². The summed E-state index contributed by atoms with van der Waals surface area (Å²) >= 11 is 5.38. The number of hydrogen-bond acceptors (Lipinski definition) is 6. The molecule has 110 valence electrons. The highest BCUT2D eigenvalue weighted by Gasteiger charge is 2.43. The lowest BCUT2D eigenvalue weighted by molar-refractivity contribution is -0.0550. The van der Waals surface area contributed by atoms with E-state index in [-0.39, 0.29) is 5.56 Å². The summed E-state index contributed by atoms with van der Waals surface area (Å²) in [6, 6.07) is 0. The molecule has 1 fully saturated rings. The molecule has 20 heavy (non-hydrogen) atoms. The highest BCUT2D eigenvalue weighted by Crippen LogP contribution is 2.27. The van der Waals surface area contributed by atoms with Crippen LogP contribution in [-0.4, -0.2) is 49.8 Å². The zero-order valence-electron chi connectivity index (χ0n) is 10.1. The predicted molar refractivity (Wildman–Crippen MR) is 69.2 cm³/mol. The summed E-state index contributed by atoms with van der Waals surface area (Å²) in [5, 5.41) is 28.5. The zero-order valence-corrected chi connectivity index (χ0v) is 10.9. The quantitative estimate of drug-likeness (QED) is 0.531. The first-order valence-electron chi connectivity index (χ1n) is 5.74. The van der Waals surface area contributed by atoms with Crippen molar-refractivity contribution in [3.63, 3.8) is 0 Å². The van der Waals surface area contributed by atoms with Crippen LogP contribution in [0.2, 0.25) is 0 Å². The van der Waals surface area contributed by atoms with E-state index in [4.69, 9.17) is 21.4 Å². The van der Waals surface area contributed by atoms with Gasteiger partial charge in [-0.15, -0.1) is 0 Å². The number of hydrogen-bond donors (Lipinski definition) is 4. The van der Waals surface area contributed by atoms with Gasteiger partial charge in [-0.05, 0) is 6.08 Å². The maximum absolute atomic E-state index is 11.7. The van der Waals surface area contributed by atoms with E-state index in [1.807, 2.05) is 4.98 Å². The van der Waals surface area contributed by atoms with Gasteiger partial charge in [0.15, 0.2) is 6.23 Å². The van der Waals surface area contributed by atoms with E-state index < -0.39 is 42.4 Å². The monoisotopic (exact) mass is 304 g/mol. The van der Waals surface area contributed by atoms with Gasteiger partial charge in [0.05, 0.1) is 12.2 Å². The molecule has 0 saturated carbocycles. The molecule has 0 unspecified atom stereocenters. The van der Waals surface area contributed by atoms with E-state index in [9.17, 15) is 19.8 Å². The van der Waals surface area contributed by atoms with Crippen molar-refractivity contribution in [2.45, 2.75) is 24.5 Å². The predicted octanol–water partition coefficient (Wildman–Crippen LogP) is -1.64. The first-order chi connectivity index (χ1) is 9.49. The number of aromatic amines is 1. The van der Waals surface area contributed by atoms with Crippen molar-refractivity contribution in [3.05, 3.63) is 38.1 Å². The van der Waals surface area contributed by atoms with Gasteiger partial charge in [-0.2, -0.15) is 0 Å². The molecule has 0 radical (unpaired) electrons. The van der Waals surface area contributed by atoms with Gasteiger partial charge in [0.25, 0.3) is 5.56 Å². The molecule has 4 atom stereocenters. The maximum atomic E-state index is 11.7. The van der Waals surface area contributed by atoms with E-state index in [1.165, 1.54) is 6.08 Å². The fraction of sp³-hybridized carbons (Fsp3) is 0.455. The Morgan fingerprint density at radius 1 is 1.40 bits per heavy atom. The Morgan fingerprint density at radius 2 is 2.10 bits per heavy atom. The van der Waals surface area contributed by atoms with Gasteiger partial charge < -0.3 is 20.1 Å². The van der Waals surface area contributed by atoms with Gasteiger partial charge in [0.1, 0.15) is 18.3 Å². The molecule has 1 saturated heterocycles. The SMILES string of the molecule is O=c1[nH]c(=O)n([C@@H]2O[C@H](CO)[C@H](O)[C@H]2O)cc1C=CCl. The first-order valence-corrected chi connectivity index (χ1v) is 6.18. The third-order valence-electron chi connectivity index (χ3n) is 3.03. The second-order valence-corrected chi connectivity index (χ2v) is 4.52. The lowest BCUT2D eigenvalue weighted by atomic mass is 10.1. The molecule has 2 rings (SSSR count). The van der Waals surface area contributed by atoms with Crippen molar-refractivity contribution >= 4 is 17.7 Å². The second kappa shape index (κ2) is 5.90. The minimum Gasteiger partial charge on any atom is -0.394 e. The fourth-order valence-electron chi connectivity index (χ4n) is 1.99. The lowest BCUT2D eigenvalue weighted by Crippen LogP contribution is -2.38. The molecule has 0 aromatic carbocycles. The zero-order chi connectivity index (χ0) is 14.9. The summed E-state index contributed by atoms with van der Waals surface area (Å²) in [6.07, 6.45) is -2.56. The van der Waals surface area contributed by atoms with Crippen molar-refractivity contribution in [2.75, 3.05) is 6.61 Å². The largest absolute Gasteiger partial charge is 0.394 e. The number of halogens is 1. The lowest BCUT2D eigenvalue weighted by Gasteiger charge is -2.17. The summed E-state index contributed by atoms with van der Waals surface area (Å²) in [5.41, 5.74) is -0.278. The highest BCUT2D eigenvalue weighted by molar-refractivity contribution is 6.27. The number of rotatable bonds is 3. The minimum absolute atomic E-state index is 0.0809. The van der Waals surface area contributed by atoms with Crippen LogP contribution < -0.4 is 11.2 Å². The summed E-state index contributed by atoms with van der Waals surface area (Å²) in [6.45, 7) is -0.513. The molecule has 4 N–H and O–H groups in total. The van der Waals surface area contributed by atoms with Crippen LogP contribution in [0.25, 0.3) is 6.08 Å². The Bertz CT molecular complexity index is 624. The number of nitrogens with zero attached hydrogens (tertiary/aromatic N) is 1. The molecule has 1 aliphatic rings. The van der Waals surface area contributed by atoms with Crippen LogP contribution >= 0.6 is 11.6 Å². The Kier molecular flexibility index (Phi) is 4.41. The number of nitrogens with one attached hydrogen (secondary N) is 1. The Balaban J connectivity index is 2.46. The standard InChI is InChI=1S/C11H13ClN2O6/c12-2-1-5-3-14(11(19)13-9(5)18)10-8(17)7(16)6(4-15)20-10/h1-3,6-8,10,15-17H,4H2,(H,13,18,19)/t6-,7+,8-,10-/m1/s1. The minimum atomic E-state index is -1.41. The summed E-state index contributed by atoms with van der Waals surface area (Å²) < 4.78 is 6.14. The topological polar surface area (TPSA) is 125 Å². The smallest absolute Gasteiger partial charge is 0.330 e. The van der Waals surface area contributed by atoms with Crippen LogP contribution in [0.1, 0.15) is 11.8 Å². The average molecular weight is 305 g/mol. The molecule has 1 aromatic rings. The van der Waals surface area contributed by atoms with Gasteiger partial charge in [-0.3, -0.25) is 14.3 Å². The normalized spacial score (nSPS) is 30.2. The van der Waals surface area contributed by atoms with Crippen LogP contribution in [0.5, 0.6) is 0 Å². The van der Waals surface area contributed by atoms with Crippen LogP contribution in [0, 0.1) is 0 Å². The van der Waals surface area contributed by atoms with Gasteiger partial charge in [0.2, 0.25) is 0 Å². The molecule has 8 nitrogen and oxygen atoms in total. The van der Waals surface area contributed by atoms with Gasteiger partial charge in [-0.1, -0.05) is 11.6 Å². The summed E-state index contributed by atoms with van der Waals surface area (Å²) in [4.78, 5) is 25.3. The molecule has 1 aliphatic heterocycles. The van der Waals surface area contributed by atoms with Crippen molar-refractivity contribution in [1.29, 1.82) is 0 Å².